The fourth-order valence-electron chi connectivity index (χ4n) is 2.94. The van der Waals surface area contributed by atoms with Gasteiger partial charge in [0.25, 0.3) is 5.91 Å². The molecule has 0 spiro atoms. The number of fused-ring (bicyclic) bond motifs is 1. The second-order valence-electron chi connectivity index (χ2n) is 6.04. The number of para-hydroxylation sites is 1. The lowest BCUT2D eigenvalue weighted by molar-refractivity contribution is 0.0987. The minimum absolute atomic E-state index is 0.0986. The van der Waals surface area contributed by atoms with Crippen LogP contribution in [0.15, 0.2) is 41.3 Å². The number of rotatable bonds is 1. The second kappa shape index (κ2) is 5.49. The molecule has 4 nitrogen and oxygen atoms in total. The van der Waals surface area contributed by atoms with Crippen molar-refractivity contribution in [3.05, 3.63) is 58.7 Å². The van der Waals surface area contributed by atoms with E-state index in [-0.39, 0.29) is 11.7 Å². The maximum atomic E-state index is 13.0. The summed E-state index contributed by atoms with van der Waals surface area (Å²) in [5.74, 6) is 0.0816. The number of hydrogen-bond donors (Lipinski definition) is 1. The largest absolute Gasteiger partial charge is 0.306 e. The van der Waals surface area contributed by atoms with Gasteiger partial charge in [0.2, 0.25) is 0 Å². The second-order valence-corrected chi connectivity index (χ2v) is 8.24. The molecular formula is C18H20N2O2S. The van der Waals surface area contributed by atoms with Crippen molar-refractivity contribution in [3.8, 4) is 0 Å². The molecule has 0 radical (unpaired) electrons. The Hall–Kier alpha value is -2.14. The van der Waals surface area contributed by atoms with E-state index in [1.165, 1.54) is 5.56 Å². The number of benzene rings is 2. The zero-order valence-corrected chi connectivity index (χ0v) is 14.4. The quantitative estimate of drug-likeness (QED) is 0.868. The van der Waals surface area contributed by atoms with Crippen molar-refractivity contribution in [1.82, 2.24) is 0 Å². The standard InChI is InChI=1S/C18H20N2O2S/c1-12-10-15(11-13(2)14(12)3)18(21)20-8-9-23(19,22)17-7-5-4-6-16(17)20/h4-7,10-11,19H,8-9H2,1-3H3. The van der Waals surface area contributed by atoms with Gasteiger partial charge in [0, 0.05) is 12.1 Å². The lowest BCUT2D eigenvalue weighted by Crippen LogP contribution is -2.39. The van der Waals surface area contributed by atoms with Crippen LogP contribution in [0.1, 0.15) is 27.0 Å². The van der Waals surface area contributed by atoms with Crippen LogP contribution in [-0.2, 0) is 9.73 Å². The molecule has 1 unspecified atom stereocenters. The molecule has 0 aliphatic carbocycles. The van der Waals surface area contributed by atoms with Gasteiger partial charge < -0.3 is 4.90 Å². The highest BCUT2D eigenvalue weighted by atomic mass is 32.2. The van der Waals surface area contributed by atoms with Crippen LogP contribution in [0.2, 0.25) is 0 Å². The number of hydrogen-bond acceptors (Lipinski definition) is 3. The van der Waals surface area contributed by atoms with Gasteiger partial charge in [0.1, 0.15) is 0 Å². The average molecular weight is 328 g/mol. The molecule has 1 N–H and O–H groups in total. The summed E-state index contributed by atoms with van der Waals surface area (Å²) in [7, 11) is -2.81. The van der Waals surface area contributed by atoms with Gasteiger partial charge in [-0.25, -0.2) is 8.99 Å². The lowest BCUT2D eigenvalue weighted by Gasteiger charge is -2.30. The molecule has 1 heterocycles. The highest BCUT2D eigenvalue weighted by Crippen LogP contribution is 2.32. The molecule has 0 saturated heterocycles. The number of carbonyl (C=O) groups is 1. The maximum Gasteiger partial charge on any atom is 0.258 e. The number of amides is 1. The number of aryl methyl sites for hydroxylation is 2. The lowest BCUT2D eigenvalue weighted by atomic mass is 10.00. The Kier molecular flexibility index (Phi) is 3.76. The van der Waals surface area contributed by atoms with Gasteiger partial charge in [-0.05, 0) is 61.7 Å². The van der Waals surface area contributed by atoms with Gasteiger partial charge in [-0.2, -0.15) is 0 Å². The first-order valence-electron chi connectivity index (χ1n) is 7.56. The molecule has 0 fully saturated rings. The molecule has 0 saturated carbocycles. The molecule has 0 aromatic heterocycles. The van der Waals surface area contributed by atoms with Crippen LogP contribution in [0.4, 0.5) is 5.69 Å². The molecule has 1 atom stereocenters. The van der Waals surface area contributed by atoms with E-state index in [0.717, 1.165) is 11.1 Å². The molecular weight excluding hydrogens is 308 g/mol. The first-order chi connectivity index (χ1) is 10.8. The van der Waals surface area contributed by atoms with E-state index in [9.17, 15) is 9.00 Å². The summed E-state index contributed by atoms with van der Waals surface area (Å²) in [5.41, 5.74) is 4.60. The van der Waals surface area contributed by atoms with E-state index in [0.29, 0.717) is 22.7 Å². The SMILES string of the molecule is Cc1cc(C(=O)N2CCS(=N)(=O)c3ccccc32)cc(C)c1C. The van der Waals surface area contributed by atoms with Gasteiger partial charge in [0.15, 0.2) is 0 Å². The molecule has 3 rings (SSSR count). The minimum atomic E-state index is -2.81. The first kappa shape index (κ1) is 15.7. The Morgan fingerprint density at radius 2 is 1.74 bits per heavy atom. The third kappa shape index (κ3) is 2.65. The van der Waals surface area contributed by atoms with Gasteiger partial charge in [-0.15, -0.1) is 0 Å². The molecule has 23 heavy (non-hydrogen) atoms. The summed E-state index contributed by atoms with van der Waals surface area (Å²) in [6, 6.07) is 10.8. The number of carbonyl (C=O) groups excluding carboxylic acids is 1. The smallest absolute Gasteiger partial charge is 0.258 e. The van der Waals surface area contributed by atoms with Crippen LogP contribution in [0, 0.1) is 25.6 Å². The van der Waals surface area contributed by atoms with Crippen molar-refractivity contribution in [1.29, 1.82) is 4.78 Å². The topological polar surface area (TPSA) is 61.2 Å². The monoisotopic (exact) mass is 328 g/mol. The molecule has 1 amide bonds. The van der Waals surface area contributed by atoms with Crippen LogP contribution < -0.4 is 4.90 Å². The van der Waals surface area contributed by atoms with E-state index >= 15 is 0 Å². The van der Waals surface area contributed by atoms with Crippen LogP contribution in [0.25, 0.3) is 0 Å². The van der Waals surface area contributed by atoms with E-state index < -0.39 is 9.73 Å². The molecule has 2 aromatic rings. The van der Waals surface area contributed by atoms with Crippen molar-refractivity contribution in [3.63, 3.8) is 0 Å². The van der Waals surface area contributed by atoms with Crippen LogP contribution in [0.3, 0.4) is 0 Å². The Labute approximate surface area is 137 Å². The summed E-state index contributed by atoms with van der Waals surface area (Å²) in [5, 5.41) is 0. The summed E-state index contributed by atoms with van der Waals surface area (Å²) in [6.45, 7) is 6.36. The Bertz CT molecular complexity index is 878. The summed E-state index contributed by atoms with van der Waals surface area (Å²) in [6.07, 6.45) is 0. The number of nitrogens with one attached hydrogen (secondary N) is 1. The van der Waals surface area contributed by atoms with Gasteiger partial charge in [-0.3, -0.25) is 4.79 Å². The summed E-state index contributed by atoms with van der Waals surface area (Å²) < 4.78 is 20.4. The van der Waals surface area contributed by atoms with E-state index in [1.807, 2.05) is 39.0 Å². The van der Waals surface area contributed by atoms with Crippen LogP contribution >= 0.6 is 0 Å². The molecule has 2 aromatic carbocycles. The molecule has 120 valence electrons. The van der Waals surface area contributed by atoms with E-state index in [4.69, 9.17) is 4.78 Å². The predicted molar refractivity (Wildman–Crippen MR) is 92.8 cm³/mol. The van der Waals surface area contributed by atoms with Crippen molar-refractivity contribution in [2.45, 2.75) is 25.7 Å². The Morgan fingerprint density at radius 3 is 2.39 bits per heavy atom. The van der Waals surface area contributed by atoms with Crippen LogP contribution in [-0.4, -0.2) is 22.4 Å². The third-order valence-corrected chi connectivity index (χ3v) is 6.35. The minimum Gasteiger partial charge on any atom is -0.306 e. The maximum absolute atomic E-state index is 13.0. The number of nitrogens with zero attached hydrogens (tertiary/aromatic N) is 1. The molecule has 0 bridgehead atoms. The molecule has 1 aliphatic heterocycles. The first-order valence-corrected chi connectivity index (χ1v) is 9.29. The van der Waals surface area contributed by atoms with Crippen molar-refractivity contribution >= 4 is 21.3 Å². The molecule has 5 heteroatoms. The highest BCUT2D eigenvalue weighted by Gasteiger charge is 2.29. The fourth-order valence-corrected chi connectivity index (χ4v) is 4.41. The fraction of sp³-hybridized carbons (Fsp3) is 0.278. The van der Waals surface area contributed by atoms with Gasteiger partial charge in [0.05, 0.1) is 26.1 Å². The molecule has 1 aliphatic rings. The third-order valence-electron chi connectivity index (χ3n) is 4.53. The number of anilines is 1. The normalized spacial score (nSPS) is 20.2. The predicted octanol–water partition coefficient (Wildman–Crippen LogP) is 3.68. The summed E-state index contributed by atoms with van der Waals surface area (Å²) in [4.78, 5) is 15.1. The zero-order chi connectivity index (χ0) is 16.8. The Morgan fingerprint density at radius 1 is 1.13 bits per heavy atom. The van der Waals surface area contributed by atoms with Crippen molar-refractivity contribution in [2.24, 2.45) is 0 Å². The van der Waals surface area contributed by atoms with Crippen molar-refractivity contribution in [2.75, 3.05) is 17.2 Å². The van der Waals surface area contributed by atoms with Gasteiger partial charge in [-0.1, -0.05) is 12.1 Å². The average Bonchev–Trinajstić information content (AvgIpc) is 2.52. The Balaban J connectivity index is 2.08. The van der Waals surface area contributed by atoms with Gasteiger partial charge >= 0.3 is 0 Å². The highest BCUT2D eigenvalue weighted by molar-refractivity contribution is 7.92. The summed E-state index contributed by atoms with van der Waals surface area (Å²) >= 11 is 0. The van der Waals surface area contributed by atoms with E-state index in [1.54, 1.807) is 23.1 Å². The van der Waals surface area contributed by atoms with Crippen LogP contribution in [0.5, 0.6) is 0 Å². The van der Waals surface area contributed by atoms with Crippen molar-refractivity contribution < 1.29 is 9.00 Å². The van der Waals surface area contributed by atoms with E-state index in [2.05, 4.69) is 0 Å². The zero-order valence-electron chi connectivity index (χ0n) is 13.6.